The first-order valence-corrected chi connectivity index (χ1v) is 8.86. The predicted molar refractivity (Wildman–Crippen MR) is 115 cm³/mol. The number of rotatable bonds is 6. The summed E-state index contributed by atoms with van der Waals surface area (Å²) in [5.74, 6) is 0.816. The van der Waals surface area contributed by atoms with Crippen molar-refractivity contribution >= 4 is 35.6 Å². The lowest BCUT2D eigenvalue weighted by molar-refractivity contribution is 0.355. The van der Waals surface area contributed by atoms with Gasteiger partial charge in [0.15, 0.2) is 5.96 Å². The van der Waals surface area contributed by atoms with Crippen LogP contribution in [0, 0.1) is 5.82 Å². The molecule has 25 heavy (non-hydrogen) atoms. The van der Waals surface area contributed by atoms with E-state index in [0.717, 1.165) is 64.0 Å². The van der Waals surface area contributed by atoms with Gasteiger partial charge in [-0.2, -0.15) is 0 Å². The molecule has 142 valence electrons. The number of halogens is 2. The van der Waals surface area contributed by atoms with E-state index in [0.29, 0.717) is 0 Å². The Morgan fingerprint density at radius 1 is 1.16 bits per heavy atom. The van der Waals surface area contributed by atoms with Crippen LogP contribution in [0.1, 0.15) is 13.8 Å². The average Bonchev–Trinajstić information content (AvgIpc) is 2.61. The van der Waals surface area contributed by atoms with Crippen molar-refractivity contribution in [2.45, 2.75) is 13.8 Å². The maximum absolute atomic E-state index is 13.1. The molecule has 1 aliphatic rings. The number of piperazine rings is 1. The minimum absolute atomic E-state index is 0. The fraction of sp³-hybridized carbons (Fsp3) is 0.611. The van der Waals surface area contributed by atoms with Gasteiger partial charge in [0, 0.05) is 45.0 Å². The van der Waals surface area contributed by atoms with Gasteiger partial charge in [0.05, 0.1) is 6.54 Å². The summed E-state index contributed by atoms with van der Waals surface area (Å²) in [6.45, 7) is 11.6. The Morgan fingerprint density at radius 2 is 1.80 bits per heavy atom. The third-order valence-electron chi connectivity index (χ3n) is 4.39. The molecule has 0 spiro atoms. The van der Waals surface area contributed by atoms with Gasteiger partial charge in [-0.05, 0) is 44.8 Å². The summed E-state index contributed by atoms with van der Waals surface area (Å²) in [6, 6.07) is 6.75. The molecule has 1 heterocycles. The van der Waals surface area contributed by atoms with E-state index in [9.17, 15) is 4.39 Å². The molecule has 1 aromatic rings. The summed E-state index contributed by atoms with van der Waals surface area (Å²) in [4.78, 5) is 11.6. The fourth-order valence-corrected chi connectivity index (χ4v) is 2.74. The van der Waals surface area contributed by atoms with Gasteiger partial charge in [-0.1, -0.05) is 6.92 Å². The molecular weight excluding hydrogens is 432 g/mol. The van der Waals surface area contributed by atoms with Crippen molar-refractivity contribution in [2.24, 2.45) is 4.99 Å². The van der Waals surface area contributed by atoms with Crippen molar-refractivity contribution in [1.82, 2.24) is 15.1 Å². The highest BCUT2D eigenvalue weighted by Gasteiger charge is 2.19. The Morgan fingerprint density at radius 3 is 2.36 bits per heavy atom. The SMILES string of the molecule is CCNC(=NCCN(C)CC)N1CCN(c2ccc(F)cc2)CC1.I. The summed E-state index contributed by atoms with van der Waals surface area (Å²) in [5, 5.41) is 3.40. The first kappa shape index (κ1) is 22.0. The first-order chi connectivity index (χ1) is 11.6. The van der Waals surface area contributed by atoms with Crippen LogP contribution >= 0.6 is 24.0 Å². The minimum Gasteiger partial charge on any atom is -0.368 e. The monoisotopic (exact) mass is 463 g/mol. The molecule has 0 saturated carbocycles. The molecule has 0 aromatic heterocycles. The molecule has 1 aromatic carbocycles. The highest BCUT2D eigenvalue weighted by Crippen LogP contribution is 2.16. The van der Waals surface area contributed by atoms with E-state index in [2.05, 4.69) is 40.9 Å². The van der Waals surface area contributed by atoms with Crippen LogP contribution in [0.3, 0.4) is 0 Å². The normalized spacial score (nSPS) is 15.3. The number of likely N-dealkylation sites (N-methyl/N-ethyl adjacent to an activating group) is 1. The second kappa shape index (κ2) is 11.5. The Balaban J connectivity index is 0.00000312. The summed E-state index contributed by atoms with van der Waals surface area (Å²) >= 11 is 0. The van der Waals surface area contributed by atoms with Gasteiger partial charge in [0.1, 0.15) is 5.82 Å². The molecule has 1 fully saturated rings. The van der Waals surface area contributed by atoms with Gasteiger partial charge in [-0.3, -0.25) is 4.99 Å². The molecule has 0 radical (unpaired) electrons. The Bertz CT molecular complexity index is 515. The van der Waals surface area contributed by atoms with Crippen molar-refractivity contribution < 1.29 is 4.39 Å². The zero-order valence-corrected chi connectivity index (χ0v) is 17.9. The van der Waals surface area contributed by atoms with Crippen molar-refractivity contribution in [3.05, 3.63) is 30.1 Å². The smallest absolute Gasteiger partial charge is 0.194 e. The Hall–Kier alpha value is -1.09. The van der Waals surface area contributed by atoms with Gasteiger partial charge in [-0.15, -0.1) is 24.0 Å². The van der Waals surface area contributed by atoms with E-state index < -0.39 is 0 Å². The maximum Gasteiger partial charge on any atom is 0.194 e. The van der Waals surface area contributed by atoms with E-state index in [4.69, 9.17) is 4.99 Å². The zero-order valence-electron chi connectivity index (χ0n) is 15.5. The van der Waals surface area contributed by atoms with Gasteiger partial charge < -0.3 is 20.0 Å². The van der Waals surface area contributed by atoms with Gasteiger partial charge in [0.2, 0.25) is 0 Å². The highest BCUT2D eigenvalue weighted by molar-refractivity contribution is 14.0. The summed E-state index contributed by atoms with van der Waals surface area (Å²) in [5.41, 5.74) is 1.09. The van der Waals surface area contributed by atoms with E-state index in [1.54, 1.807) is 0 Å². The molecule has 2 rings (SSSR count). The second-order valence-electron chi connectivity index (χ2n) is 6.08. The predicted octanol–water partition coefficient (Wildman–Crippen LogP) is 2.48. The number of guanidine groups is 1. The lowest BCUT2D eigenvalue weighted by Gasteiger charge is -2.37. The number of nitrogens with zero attached hydrogens (tertiary/aromatic N) is 4. The quantitative estimate of drug-likeness (QED) is 0.400. The fourth-order valence-electron chi connectivity index (χ4n) is 2.74. The third kappa shape index (κ3) is 6.97. The van der Waals surface area contributed by atoms with E-state index in [1.165, 1.54) is 12.1 Å². The summed E-state index contributed by atoms with van der Waals surface area (Å²) in [7, 11) is 2.11. The van der Waals surface area contributed by atoms with Gasteiger partial charge in [-0.25, -0.2) is 4.39 Å². The van der Waals surface area contributed by atoms with Crippen molar-refractivity contribution in [3.8, 4) is 0 Å². The topological polar surface area (TPSA) is 34.1 Å². The van der Waals surface area contributed by atoms with E-state index in [-0.39, 0.29) is 29.8 Å². The molecule has 0 bridgehead atoms. The lowest BCUT2D eigenvalue weighted by atomic mass is 10.2. The lowest BCUT2D eigenvalue weighted by Crippen LogP contribution is -2.52. The number of nitrogens with one attached hydrogen (secondary N) is 1. The molecule has 7 heteroatoms. The first-order valence-electron chi connectivity index (χ1n) is 8.86. The minimum atomic E-state index is -0.184. The molecule has 1 saturated heterocycles. The largest absolute Gasteiger partial charge is 0.368 e. The molecule has 5 nitrogen and oxygen atoms in total. The molecular formula is C18H31FIN5. The molecule has 0 atom stereocenters. The number of hydrogen-bond donors (Lipinski definition) is 1. The van der Waals surface area contributed by atoms with Crippen LogP contribution < -0.4 is 10.2 Å². The van der Waals surface area contributed by atoms with Crippen LogP contribution in [0.4, 0.5) is 10.1 Å². The molecule has 1 N–H and O–H groups in total. The van der Waals surface area contributed by atoms with Gasteiger partial charge >= 0.3 is 0 Å². The van der Waals surface area contributed by atoms with Gasteiger partial charge in [0.25, 0.3) is 0 Å². The highest BCUT2D eigenvalue weighted by atomic mass is 127. The van der Waals surface area contributed by atoms with Crippen LogP contribution in [-0.2, 0) is 0 Å². The van der Waals surface area contributed by atoms with Crippen molar-refractivity contribution in [2.75, 3.05) is 64.3 Å². The average molecular weight is 463 g/mol. The number of hydrogen-bond acceptors (Lipinski definition) is 3. The summed E-state index contributed by atoms with van der Waals surface area (Å²) in [6.07, 6.45) is 0. The van der Waals surface area contributed by atoms with Crippen molar-refractivity contribution in [3.63, 3.8) is 0 Å². The van der Waals surface area contributed by atoms with Crippen molar-refractivity contribution in [1.29, 1.82) is 0 Å². The third-order valence-corrected chi connectivity index (χ3v) is 4.39. The van der Waals surface area contributed by atoms with Crippen LogP contribution in [-0.4, -0.2) is 75.2 Å². The second-order valence-corrected chi connectivity index (χ2v) is 6.08. The zero-order chi connectivity index (χ0) is 17.4. The molecule has 0 unspecified atom stereocenters. The number of aliphatic imine (C=N–C) groups is 1. The number of anilines is 1. The molecule has 1 aliphatic heterocycles. The van der Waals surface area contributed by atoms with Crippen LogP contribution in [0.2, 0.25) is 0 Å². The number of benzene rings is 1. The van der Waals surface area contributed by atoms with Crippen LogP contribution in [0.5, 0.6) is 0 Å². The Labute approximate surface area is 168 Å². The maximum atomic E-state index is 13.1. The standard InChI is InChI=1S/C18H30FN5.HI/c1-4-20-18(21-10-11-22(3)5-2)24-14-12-23(13-15-24)17-8-6-16(19)7-9-17;/h6-9H,4-5,10-15H2,1-3H3,(H,20,21);1H. The summed E-state index contributed by atoms with van der Waals surface area (Å²) < 4.78 is 13.1. The van der Waals surface area contributed by atoms with E-state index in [1.807, 2.05) is 12.1 Å². The molecule has 0 amide bonds. The van der Waals surface area contributed by atoms with Crippen LogP contribution in [0.25, 0.3) is 0 Å². The molecule has 0 aliphatic carbocycles. The Kier molecular flexibility index (Phi) is 10.1. The van der Waals surface area contributed by atoms with Crippen LogP contribution in [0.15, 0.2) is 29.3 Å². The van der Waals surface area contributed by atoms with E-state index >= 15 is 0 Å².